The Kier molecular flexibility index (Phi) is 4.02. The predicted octanol–water partition coefficient (Wildman–Crippen LogP) is 3.21. The highest BCUT2D eigenvalue weighted by atomic mass is 32.2. The summed E-state index contributed by atoms with van der Waals surface area (Å²) in [6, 6.07) is 15.4. The van der Waals surface area contributed by atoms with Gasteiger partial charge >= 0.3 is 0 Å². The van der Waals surface area contributed by atoms with Crippen molar-refractivity contribution in [2.24, 2.45) is 0 Å². The molecule has 3 heteroatoms. The molecule has 2 aromatic carbocycles. The third kappa shape index (κ3) is 2.79. The summed E-state index contributed by atoms with van der Waals surface area (Å²) in [4.78, 5) is 1.65. The second-order valence-electron chi connectivity index (χ2n) is 3.83. The first-order valence-electron chi connectivity index (χ1n) is 5.37. The molecule has 0 radical (unpaired) electrons. The Balaban J connectivity index is 2.40. The van der Waals surface area contributed by atoms with Crippen LogP contribution in [0.1, 0.15) is 11.1 Å². The molecule has 1 nitrogen and oxygen atoms in total. The molecule has 17 heavy (non-hydrogen) atoms. The maximum atomic E-state index is 12.4. The van der Waals surface area contributed by atoms with Crippen molar-refractivity contribution in [3.05, 3.63) is 59.7 Å². The van der Waals surface area contributed by atoms with Gasteiger partial charge < -0.3 is 12.6 Å². The average Bonchev–Trinajstić information content (AvgIpc) is 2.39. The van der Waals surface area contributed by atoms with E-state index in [9.17, 15) is 4.21 Å². The number of hydrogen-bond acceptors (Lipinski definition) is 2. The standard InChI is InChI=1S/C14H14OS2/c1-11-6-8-13(9-7-11)17(15)14-5-3-2-4-12(14)10-16/h2-9,16H,10H2,1H3/p-1. The highest BCUT2D eigenvalue weighted by Crippen LogP contribution is 2.20. The molecule has 0 amide bonds. The van der Waals surface area contributed by atoms with Gasteiger partial charge in [-0.1, -0.05) is 41.5 Å². The molecule has 0 saturated carbocycles. The van der Waals surface area contributed by atoms with Gasteiger partial charge in [0.25, 0.3) is 0 Å². The highest BCUT2D eigenvalue weighted by Gasteiger charge is 2.08. The van der Waals surface area contributed by atoms with Gasteiger partial charge in [-0.05, 0) is 25.1 Å². The van der Waals surface area contributed by atoms with Crippen molar-refractivity contribution in [1.82, 2.24) is 0 Å². The van der Waals surface area contributed by atoms with E-state index >= 15 is 0 Å². The van der Waals surface area contributed by atoms with Crippen LogP contribution >= 0.6 is 0 Å². The number of aryl methyl sites for hydroxylation is 1. The minimum absolute atomic E-state index is 0.494. The summed E-state index contributed by atoms with van der Waals surface area (Å²) in [5, 5.41) is 0. The zero-order valence-corrected chi connectivity index (χ0v) is 11.2. The molecule has 2 aromatic rings. The van der Waals surface area contributed by atoms with Gasteiger partial charge in [-0.3, -0.25) is 0 Å². The van der Waals surface area contributed by atoms with Crippen molar-refractivity contribution in [2.75, 3.05) is 0 Å². The number of rotatable bonds is 3. The van der Waals surface area contributed by atoms with Crippen LogP contribution in [0.5, 0.6) is 0 Å². The third-order valence-corrected chi connectivity index (χ3v) is 4.37. The van der Waals surface area contributed by atoms with Crippen LogP contribution in [0, 0.1) is 6.92 Å². The van der Waals surface area contributed by atoms with Crippen molar-refractivity contribution in [1.29, 1.82) is 0 Å². The monoisotopic (exact) mass is 261 g/mol. The van der Waals surface area contributed by atoms with Crippen molar-refractivity contribution in [2.45, 2.75) is 22.5 Å². The topological polar surface area (TPSA) is 17.1 Å². The van der Waals surface area contributed by atoms with E-state index in [1.165, 1.54) is 5.56 Å². The van der Waals surface area contributed by atoms with Crippen LogP contribution in [0.4, 0.5) is 0 Å². The Morgan fingerprint density at radius 2 is 1.71 bits per heavy atom. The number of benzene rings is 2. The van der Waals surface area contributed by atoms with Crippen molar-refractivity contribution in [3.8, 4) is 0 Å². The van der Waals surface area contributed by atoms with Crippen LogP contribution in [0.2, 0.25) is 0 Å². The fraction of sp³-hybridized carbons (Fsp3) is 0.143. The molecule has 0 saturated heterocycles. The molecule has 88 valence electrons. The lowest BCUT2D eigenvalue weighted by Gasteiger charge is -2.11. The summed E-state index contributed by atoms with van der Waals surface area (Å²) >= 11 is 5.06. The minimum Gasteiger partial charge on any atom is -0.788 e. The number of hydrogen-bond donors (Lipinski definition) is 0. The zero-order chi connectivity index (χ0) is 12.3. The van der Waals surface area contributed by atoms with Gasteiger partial charge in [0.05, 0.1) is 10.8 Å². The van der Waals surface area contributed by atoms with Crippen LogP contribution in [-0.2, 0) is 29.2 Å². The lowest BCUT2D eigenvalue weighted by molar-refractivity contribution is 0.682. The van der Waals surface area contributed by atoms with Crippen LogP contribution in [0.3, 0.4) is 0 Å². The molecular weight excluding hydrogens is 248 g/mol. The van der Waals surface area contributed by atoms with E-state index in [0.717, 1.165) is 15.4 Å². The van der Waals surface area contributed by atoms with Gasteiger partial charge in [0.1, 0.15) is 0 Å². The molecule has 1 atom stereocenters. The van der Waals surface area contributed by atoms with Gasteiger partial charge in [0.2, 0.25) is 0 Å². The Morgan fingerprint density at radius 1 is 1.06 bits per heavy atom. The van der Waals surface area contributed by atoms with Gasteiger partial charge in [-0.15, -0.1) is 5.75 Å². The Morgan fingerprint density at radius 3 is 2.35 bits per heavy atom. The molecule has 0 bridgehead atoms. The fourth-order valence-corrected chi connectivity index (χ4v) is 3.15. The van der Waals surface area contributed by atoms with E-state index in [2.05, 4.69) is 0 Å². The summed E-state index contributed by atoms with van der Waals surface area (Å²) in [6.07, 6.45) is 0. The van der Waals surface area contributed by atoms with E-state index < -0.39 is 10.8 Å². The van der Waals surface area contributed by atoms with E-state index in [4.69, 9.17) is 12.6 Å². The largest absolute Gasteiger partial charge is 0.788 e. The molecule has 0 aliphatic heterocycles. The lowest BCUT2D eigenvalue weighted by atomic mass is 10.2. The summed E-state index contributed by atoms with van der Waals surface area (Å²) in [7, 11) is -1.13. The fourth-order valence-electron chi connectivity index (χ4n) is 1.59. The maximum absolute atomic E-state index is 12.4. The summed E-state index contributed by atoms with van der Waals surface area (Å²) in [6.45, 7) is 2.02. The summed E-state index contributed by atoms with van der Waals surface area (Å²) < 4.78 is 12.4. The van der Waals surface area contributed by atoms with Crippen molar-refractivity contribution in [3.63, 3.8) is 0 Å². The molecule has 0 spiro atoms. The Bertz CT molecular complexity index is 532. The zero-order valence-electron chi connectivity index (χ0n) is 9.55. The van der Waals surface area contributed by atoms with E-state index in [-0.39, 0.29) is 0 Å². The molecule has 0 fully saturated rings. The van der Waals surface area contributed by atoms with Crippen molar-refractivity contribution >= 4 is 23.4 Å². The average molecular weight is 261 g/mol. The third-order valence-electron chi connectivity index (χ3n) is 2.56. The lowest BCUT2D eigenvalue weighted by Crippen LogP contribution is -1.97. The van der Waals surface area contributed by atoms with Gasteiger partial charge in [-0.25, -0.2) is 4.21 Å². The first-order chi connectivity index (χ1) is 8.22. The quantitative estimate of drug-likeness (QED) is 0.789. The SMILES string of the molecule is Cc1ccc(S(=O)c2ccccc2C[S-])cc1. The van der Waals surface area contributed by atoms with E-state index in [1.807, 2.05) is 55.5 Å². The summed E-state index contributed by atoms with van der Waals surface area (Å²) in [5.74, 6) is 0.494. The predicted molar refractivity (Wildman–Crippen MR) is 73.4 cm³/mol. The molecular formula is C14H13OS2-. The molecule has 1 unspecified atom stereocenters. The maximum Gasteiger partial charge on any atom is 0.0851 e. The van der Waals surface area contributed by atoms with Gasteiger partial charge in [0.15, 0.2) is 0 Å². The van der Waals surface area contributed by atoms with Crippen LogP contribution in [0.15, 0.2) is 58.3 Å². The van der Waals surface area contributed by atoms with Crippen LogP contribution in [-0.4, -0.2) is 4.21 Å². The Labute approximate surface area is 110 Å². The Hall–Kier alpha value is -1.06. The first kappa shape index (κ1) is 12.4. The van der Waals surface area contributed by atoms with E-state index in [1.54, 1.807) is 0 Å². The van der Waals surface area contributed by atoms with Gasteiger partial charge in [0, 0.05) is 9.79 Å². The minimum atomic E-state index is -1.13. The highest BCUT2D eigenvalue weighted by molar-refractivity contribution is 7.85. The van der Waals surface area contributed by atoms with E-state index in [0.29, 0.717) is 5.75 Å². The van der Waals surface area contributed by atoms with Gasteiger partial charge in [-0.2, -0.15) is 0 Å². The molecule has 0 aliphatic carbocycles. The molecule has 2 rings (SSSR count). The molecule has 0 aromatic heterocycles. The smallest absolute Gasteiger partial charge is 0.0851 e. The van der Waals surface area contributed by atoms with Crippen molar-refractivity contribution < 1.29 is 4.21 Å². The second-order valence-corrected chi connectivity index (χ2v) is 5.57. The summed E-state index contributed by atoms with van der Waals surface area (Å²) in [5.41, 5.74) is 2.14. The second kappa shape index (κ2) is 5.52. The first-order valence-corrected chi connectivity index (χ1v) is 7.09. The van der Waals surface area contributed by atoms with Crippen LogP contribution < -0.4 is 0 Å². The normalized spacial score (nSPS) is 12.4. The molecule has 0 aliphatic rings. The molecule has 0 heterocycles. The van der Waals surface area contributed by atoms with Crippen LogP contribution in [0.25, 0.3) is 0 Å². The molecule has 0 N–H and O–H groups in total.